The topological polar surface area (TPSA) is 90.5 Å². The Balaban J connectivity index is 1.75. The lowest BCUT2D eigenvalue weighted by Gasteiger charge is -2.17. The lowest BCUT2D eigenvalue weighted by Crippen LogP contribution is -2.46. The SMILES string of the molecule is CCc1ccccc1NC(=O)CN(C)CC(=O)NNC(=O)c1ccccc1. The van der Waals surface area contributed by atoms with Gasteiger partial charge in [-0.3, -0.25) is 30.1 Å². The van der Waals surface area contributed by atoms with Crippen LogP contribution < -0.4 is 16.2 Å². The maximum Gasteiger partial charge on any atom is 0.269 e. The highest BCUT2D eigenvalue weighted by molar-refractivity contribution is 5.96. The number of amides is 3. The third-order valence-electron chi connectivity index (χ3n) is 3.85. The number of hydrogen-bond donors (Lipinski definition) is 3. The third kappa shape index (κ3) is 6.56. The Kier molecular flexibility index (Phi) is 7.51. The number of benzene rings is 2. The van der Waals surface area contributed by atoms with Crippen LogP contribution in [0, 0.1) is 0 Å². The van der Waals surface area contributed by atoms with Crippen LogP contribution in [0.25, 0.3) is 0 Å². The van der Waals surface area contributed by atoms with Gasteiger partial charge in [-0.15, -0.1) is 0 Å². The molecule has 0 unspecified atom stereocenters. The van der Waals surface area contributed by atoms with E-state index < -0.39 is 11.8 Å². The molecule has 2 rings (SSSR count). The summed E-state index contributed by atoms with van der Waals surface area (Å²) < 4.78 is 0. The standard InChI is InChI=1S/C20H24N4O3/c1-3-15-9-7-8-12-17(15)21-18(25)13-24(2)14-19(26)22-23-20(27)16-10-5-4-6-11-16/h4-12H,3,13-14H2,1-2H3,(H,21,25)(H,22,26)(H,23,27). The van der Waals surface area contributed by atoms with E-state index in [4.69, 9.17) is 0 Å². The second-order valence-electron chi connectivity index (χ2n) is 6.10. The van der Waals surface area contributed by atoms with Crippen LogP contribution in [0.5, 0.6) is 0 Å². The Morgan fingerprint density at radius 1 is 0.852 bits per heavy atom. The predicted molar refractivity (Wildman–Crippen MR) is 104 cm³/mol. The minimum atomic E-state index is -0.413. The summed E-state index contributed by atoms with van der Waals surface area (Å²) in [7, 11) is 1.66. The number of rotatable bonds is 7. The van der Waals surface area contributed by atoms with Crippen molar-refractivity contribution in [2.75, 3.05) is 25.5 Å². The van der Waals surface area contributed by atoms with Crippen molar-refractivity contribution in [2.24, 2.45) is 0 Å². The van der Waals surface area contributed by atoms with Gasteiger partial charge < -0.3 is 5.32 Å². The smallest absolute Gasteiger partial charge is 0.269 e. The lowest BCUT2D eigenvalue weighted by molar-refractivity contribution is -0.123. The largest absolute Gasteiger partial charge is 0.325 e. The first kappa shape index (κ1) is 20.1. The third-order valence-corrected chi connectivity index (χ3v) is 3.85. The Morgan fingerprint density at radius 3 is 2.19 bits per heavy atom. The molecule has 0 fully saturated rings. The highest BCUT2D eigenvalue weighted by Gasteiger charge is 2.13. The number of anilines is 1. The van der Waals surface area contributed by atoms with Crippen molar-refractivity contribution >= 4 is 23.4 Å². The van der Waals surface area contributed by atoms with Gasteiger partial charge >= 0.3 is 0 Å². The van der Waals surface area contributed by atoms with Gasteiger partial charge in [0.2, 0.25) is 5.91 Å². The van der Waals surface area contributed by atoms with Crippen molar-refractivity contribution in [1.82, 2.24) is 15.8 Å². The fraction of sp³-hybridized carbons (Fsp3) is 0.250. The zero-order valence-electron chi connectivity index (χ0n) is 15.5. The molecule has 7 heteroatoms. The molecule has 0 spiro atoms. The highest BCUT2D eigenvalue weighted by atomic mass is 16.2. The van der Waals surface area contributed by atoms with E-state index in [0.29, 0.717) is 5.56 Å². The van der Waals surface area contributed by atoms with E-state index in [9.17, 15) is 14.4 Å². The van der Waals surface area contributed by atoms with Crippen LogP contribution in [0.3, 0.4) is 0 Å². The van der Waals surface area contributed by atoms with E-state index in [0.717, 1.165) is 17.7 Å². The number of para-hydroxylation sites is 1. The van der Waals surface area contributed by atoms with E-state index in [-0.39, 0.29) is 19.0 Å². The molecule has 0 aliphatic heterocycles. The molecule has 0 bridgehead atoms. The second kappa shape index (κ2) is 10.1. The summed E-state index contributed by atoms with van der Waals surface area (Å²) in [5, 5.41) is 2.86. The van der Waals surface area contributed by atoms with Crippen molar-refractivity contribution in [3.05, 3.63) is 65.7 Å². The molecule has 0 radical (unpaired) electrons. The van der Waals surface area contributed by atoms with Gasteiger partial charge in [0.25, 0.3) is 11.8 Å². The first-order valence-corrected chi connectivity index (χ1v) is 8.70. The number of likely N-dealkylation sites (N-methyl/N-ethyl adjacent to an activating group) is 1. The average Bonchev–Trinajstić information content (AvgIpc) is 2.67. The predicted octanol–water partition coefficient (Wildman–Crippen LogP) is 1.58. The maximum atomic E-state index is 12.2. The van der Waals surface area contributed by atoms with Crippen LogP contribution in [0.15, 0.2) is 54.6 Å². The van der Waals surface area contributed by atoms with Gasteiger partial charge in [0.05, 0.1) is 13.1 Å². The summed E-state index contributed by atoms with van der Waals surface area (Å²) in [5.41, 5.74) is 6.96. The Hall–Kier alpha value is -3.19. The molecule has 0 atom stereocenters. The lowest BCUT2D eigenvalue weighted by atomic mass is 10.1. The Labute approximate surface area is 158 Å². The molecule has 0 aliphatic rings. The van der Waals surface area contributed by atoms with Crippen molar-refractivity contribution in [2.45, 2.75) is 13.3 Å². The van der Waals surface area contributed by atoms with Crippen molar-refractivity contribution in [3.8, 4) is 0 Å². The van der Waals surface area contributed by atoms with Gasteiger partial charge in [0, 0.05) is 11.3 Å². The fourth-order valence-electron chi connectivity index (χ4n) is 2.51. The molecule has 0 aliphatic carbocycles. The van der Waals surface area contributed by atoms with Gasteiger partial charge in [-0.2, -0.15) is 0 Å². The van der Waals surface area contributed by atoms with Crippen LogP contribution in [0.1, 0.15) is 22.8 Å². The molecular formula is C20H24N4O3. The van der Waals surface area contributed by atoms with Crippen molar-refractivity contribution in [3.63, 3.8) is 0 Å². The fourth-order valence-corrected chi connectivity index (χ4v) is 2.51. The Bertz CT molecular complexity index is 793. The molecule has 3 N–H and O–H groups in total. The number of nitrogens with one attached hydrogen (secondary N) is 3. The molecule has 0 saturated carbocycles. The van der Waals surface area contributed by atoms with Crippen LogP contribution in [-0.2, 0) is 16.0 Å². The Morgan fingerprint density at radius 2 is 1.48 bits per heavy atom. The number of aryl methyl sites for hydroxylation is 1. The molecule has 0 heterocycles. The summed E-state index contributed by atoms with van der Waals surface area (Å²) in [4.78, 5) is 37.5. The normalized spacial score (nSPS) is 10.3. The molecule has 0 aromatic heterocycles. The minimum absolute atomic E-state index is 0.0298. The summed E-state index contributed by atoms with van der Waals surface area (Å²) in [5.74, 6) is -1.02. The first-order valence-electron chi connectivity index (χ1n) is 8.70. The molecule has 3 amide bonds. The number of nitrogens with zero attached hydrogens (tertiary/aromatic N) is 1. The molecule has 7 nitrogen and oxygen atoms in total. The molecule has 0 saturated heterocycles. The van der Waals surface area contributed by atoms with Crippen molar-refractivity contribution < 1.29 is 14.4 Å². The van der Waals surface area contributed by atoms with Gasteiger partial charge in [-0.05, 0) is 37.2 Å². The van der Waals surface area contributed by atoms with Gasteiger partial charge in [0.15, 0.2) is 0 Å². The monoisotopic (exact) mass is 368 g/mol. The van der Waals surface area contributed by atoms with Crippen LogP contribution >= 0.6 is 0 Å². The van der Waals surface area contributed by atoms with E-state index in [1.165, 1.54) is 0 Å². The first-order chi connectivity index (χ1) is 13.0. The van der Waals surface area contributed by atoms with Gasteiger partial charge in [-0.25, -0.2) is 0 Å². The highest BCUT2D eigenvalue weighted by Crippen LogP contribution is 2.15. The zero-order chi connectivity index (χ0) is 19.6. The summed E-state index contributed by atoms with van der Waals surface area (Å²) in [6.45, 7) is 2.04. The van der Waals surface area contributed by atoms with Crippen LogP contribution in [0.2, 0.25) is 0 Å². The summed E-state index contributed by atoms with van der Waals surface area (Å²) >= 11 is 0. The molecular weight excluding hydrogens is 344 g/mol. The second-order valence-corrected chi connectivity index (χ2v) is 6.10. The average molecular weight is 368 g/mol. The van der Waals surface area contributed by atoms with Gasteiger partial charge in [-0.1, -0.05) is 43.3 Å². The number of carbonyl (C=O) groups is 3. The van der Waals surface area contributed by atoms with E-state index in [1.807, 2.05) is 31.2 Å². The molecule has 2 aromatic rings. The summed E-state index contributed by atoms with van der Waals surface area (Å²) in [6.07, 6.45) is 0.815. The van der Waals surface area contributed by atoms with Crippen molar-refractivity contribution in [1.29, 1.82) is 0 Å². The number of carbonyl (C=O) groups excluding carboxylic acids is 3. The van der Waals surface area contributed by atoms with Gasteiger partial charge in [0.1, 0.15) is 0 Å². The zero-order valence-corrected chi connectivity index (χ0v) is 15.5. The van der Waals surface area contributed by atoms with E-state index in [1.54, 1.807) is 42.3 Å². The maximum absolute atomic E-state index is 12.2. The van der Waals surface area contributed by atoms with E-state index >= 15 is 0 Å². The number of hydrazine groups is 1. The van der Waals surface area contributed by atoms with E-state index in [2.05, 4.69) is 16.2 Å². The minimum Gasteiger partial charge on any atom is -0.325 e. The summed E-state index contributed by atoms with van der Waals surface area (Å²) in [6, 6.07) is 16.2. The molecule has 27 heavy (non-hydrogen) atoms. The molecule has 142 valence electrons. The van der Waals surface area contributed by atoms with Crippen LogP contribution in [0.4, 0.5) is 5.69 Å². The quantitative estimate of drug-likeness (QED) is 0.647. The molecule has 2 aromatic carbocycles. The van der Waals surface area contributed by atoms with Crippen LogP contribution in [-0.4, -0.2) is 42.8 Å². The number of hydrogen-bond acceptors (Lipinski definition) is 4.